The number of nitrogens with zero attached hydrogens (tertiary/aromatic N) is 5. The molecule has 0 saturated carbocycles. The van der Waals surface area contributed by atoms with Crippen molar-refractivity contribution in [1.29, 1.82) is 0 Å². The Hall–Kier alpha value is -3.42. The molecule has 0 spiro atoms. The number of carbonyl (C=O) groups is 1. The van der Waals surface area contributed by atoms with Gasteiger partial charge in [-0.2, -0.15) is 13.2 Å². The van der Waals surface area contributed by atoms with Gasteiger partial charge in [-0.05, 0) is 53.9 Å². The van der Waals surface area contributed by atoms with Gasteiger partial charge in [0.25, 0.3) is 11.8 Å². The fourth-order valence-corrected chi connectivity index (χ4v) is 6.19. The second kappa shape index (κ2) is 10.4. The van der Waals surface area contributed by atoms with Crippen molar-refractivity contribution in [3.8, 4) is 0 Å². The minimum absolute atomic E-state index is 0.0206. The van der Waals surface area contributed by atoms with E-state index < -0.39 is 48.1 Å². The summed E-state index contributed by atoms with van der Waals surface area (Å²) in [5.41, 5.74) is -0.0971. The number of aliphatic hydroxyl groups is 1. The molecule has 0 unspecified atom stereocenters. The molecule has 2 fully saturated rings. The number of fused-ring (bicyclic) bond motifs is 1. The number of amides is 1. The van der Waals surface area contributed by atoms with E-state index in [9.17, 15) is 31.9 Å². The largest absolute Gasteiger partial charge is 0.416 e. The Balaban J connectivity index is 1.29. The number of likely N-dealkylation sites (tertiary alicyclic amines) is 1. The third-order valence-electron chi connectivity index (χ3n) is 8.69. The minimum Gasteiger partial charge on any atom is -0.396 e. The Morgan fingerprint density at radius 2 is 1.95 bits per heavy atom. The van der Waals surface area contributed by atoms with E-state index in [1.54, 1.807) is 18.5 Å². The van der Waals surface area contributed by atoms with Gasteiger partial charge in [-0.15, -0.1) is 10.2 Å². The van der Waals surface area contributed by atoms with Gasteiger partial charge < -0.3 is 19.3 Å². The number of piperidine rings is 1. The fraction of sp³-hybridized carbons (Fsp3) is 0.483. The topological polar surface area (TPSA) is 83.7 Å². The van der Waals surface area contributed by atoms with Crippen molar-refractivity contribution in [2.45, 2.75) is 43.4 Å². The van der Waals surface area contributed by atoms with Crippen LogP contribution in [0.2, 0.25) is 0 Å². The zero-order valence-corrected chi connectivity index (χ0v) is 22.9. The first-order valence-corrected chi connectivity index (χ1v) is 13.7. The highest BCUT2D eigenvalue weighted by Crippen LogP contribution is 2.42. The minimum atomic E-state index is -4.74. The third kappa shape index (κ3) is 5.07. The molecule has 1 atom stereocenters. The molecular formula is C29H30F5N5O3. The van der Waals surface area contributed by atoms with Crippen LogP contribution in [0.15, 0.2) is 42.7 Å². The monoisotopic (exact) mass is 591 g/mol. The number of anilines is 1. The average Bonchev–Trinajstić information content (AvgIpc) is 3.47. The number of rotatable bonds is 7. The molecule has 0 radical (unpaired) electrons. The molecule has 0 aliphatic carbocycles. The number of alkyl halides is 5. The molecule has 1 N–H and O–H groups in total. The highest BCUT2D eigenvalue weighted by Gasteiger charge is 2.46. The summed E-state index contributed by atoms with van der Waals surface area (Å²) in [6, 6.07) is 9.52. The Labute approximate surface area is 238 Å². The van der Waals surface area contributed by atoms with Crippen LogP contribution in [0.5, 0.6) is 0 Å². The normalized spacial score (nSPS) is 21.8. The van der Waals surface area contributed by atoms with Crippen LogP contribution in [0.4, 0.5) is 27.6 Å². The Morgan fingerprint density at radius 1 is 1.17 bits per heavy atom. The van der Waals surface area contributed by atoms with Crippen molar-refractivity contribution in [2.75, 3.05) is 37.8 Å². The van der Waals surface area contributed by atoms with Gasteiger partial charge >= 0.3 is 6.18 Å². The van der Waals surface area contributed by atoms with E-state index in [2.05, 4.69) is 10.2 Å². The second-order valence-electron chi connectivity index (χ2n) is 11.6. The maximum absolute atomic E-state index is 14.4. The van der Waals surface area contributed by atoms with Crippen LogP contribution in [0.3, 0.4) is 0 Å². The lowest BCUT2D eigenvalue weighted by atomic mass is 9.75. The smallest absolute Gasteiger partial charge is 0.396 e. The predicted octanol–water partition coefficient (Wildman–Crippen LogP) is 3.95. The average molecular weight is 592 g/mol. The van der Waals surface area contributed by atoms with Crippen LogP contribution < -0.4 is 4.90 Å². The summed E-state index contributed by atoms with van der Waals surface area (Å²) in [5, 5.41) is 17.4. The SMILES string of the molecule is Cn1cnnc1CC1(c2cccc(N3Cc4c(cc(CN5CC[C@@H](CO)C(F)(F)C5)cc4C(F)(F)F)C3=O)c2)COC1. The lowest BCUT2D eigenvalue weighted by Crippen LogP contribution is -2.49. The maximum Gasteiger partial charge on any atom is 0.416 e. The van der Waals surface area contributed by atoms with Crippen molar-refractivity contribution in [3.05, 3.63) is 76.4 Å². The Kier molecular flexibility index (Phi) is 7.09. The zero-order valence-electron chi connectivity index (χ0n) is 22.9. The van der Waals surface area contributed by atoms with Crippen LogP contribution in [0, 0.1) is 5.92 Å². The van der Waals surface area contributed by atoms with Crippen LogP contribution in [0.25, 0.3) is 0 Å². The van der Waals surface area contributed by atoms with E-state index >= 15 is 0 Å². The van der Waals surface area contributed by atoms with E-state index in [-0.39, 0.29) is 42.7 Å². The van der Waals surface area contributed by atoms with E-state index in [0.717, 1.165) is 17.5 Å². The molecule has 1 amide bonds. The summed E-state index contributed by atoms with van der Waals surface area (Å²) in [6.45, 7) is -0.717. The molecule has 3 aliphatic heterocycles. The van der Waals surface area contributed by atoms with Crippen molar-refractivity contribution in [1.82, 2.24) is 19.7 Å². The van der Waals surface area contributed by atoms with E-state index in [1.165, 1.54) is 15.9 Å². The number of aromatic nitrogens is 3. The van der Waals surface area contributed by atoms with Gasteiger partial charge in [0.05, 0.1) is 38.5 Å². The van der Waals surface area contributed by atoms with Crippen molar-refractivity contribution >= 4 is 11.6 Å². The van der Waals surface area contributed by atoms with Gasteiger partial charge in [-0.1, -0.05) is 12.1 Å². The number of ether oxygens (including phenoxy) is 1. The van der Waals surface area contributed by atoms with E-state index in [1.807, 2.05) is 23.7 Å². The molecule has 42 heavy (non-hydrogen) atoms. The third-order valence-corrected chi connectivity index (χ3v) is 8.69. The van der Waals surface area contributed by atoms with Crippen LogP contribution in [-0.4, -0.2) is 69.5 Å². The summed E-state index contributed by atoms with van der Waals surface area (Å²) < 4.78 is 79.0. The number of hydrogen-bond acceptors (Lipinski definition) is 6. The zero-order chi connectivity index (χ0) is 29.9. The first kappa shape index (κ1) is 28.7. The van der Waals surface area contributed by atoms with Gasteiger partial charge in [0.15, 0.2) is 0 Å². The van der Waals surface area contributed by atoms with Crippen molar-refractivity contribution in [2.24, 2.45) is 13.0 Å². The van der Waals surface area contributed by atoms with E-state index in [0.29, 0.717) is 25.3 Å². The lowest BCUT2D eigenvalue weighted by Gasteiger charge is -2.42. The molecule has 0 bridgehead atoms. The summed E-state index contributed by atoms with van der Waals surface area (Å²) in [7, 11) is 1.84. The van der Waals surface area contributed by atoms with Gasteiger partial charge in [0, 0.05) is 42.6 Å². The summed E-state index contributed by atoms with van der Waals surface area (Å²) in [5.74, 6) is -4.17. The summed E-state index contributed by atoms with van der Waals surface area (Å²) >= 11 is 0. The fourth-order valence-electron chi connectivity index (χ4n) is 6.19. The lowest BCUT2D eigenvalue weighted by molar-refractivity contribution is -0.138. The quantitative estimate of drug-likeness (QED) is 0.419. The first-order valence-electron chi connectivity index (χ1n) is 13.7. The number of aliphatic hydroxyl groups excluding tert-OH is 1. The molecule has 2 aromatic carbocycles. The highest BCUT2D eigenvalue weighted by molar-refractivity contribution is 6.10. The molecule has 3 aliphatic rings. The molecule has 2 saturated heterocycles. The second-order valence-corrected chi connectivity index (χ2v) is 11.6. The number of benzene rings is 2. The first-order chi connectivity index (χ1) is 19.9. The van der Waals surface area contributed by atoms with Gasteiger partial charge in [0.1, 0.15) is 12.2 Å². The van der Waals surface area contributed by atoms with E-state index in [4.69, 9.17) is 4.74 Å². The molecule has 4 heterocycles. The van der Waals surface area contributed by atoms with Crippen LogP contribution in [-0.2, 0) is 42.9 Å². The van der Waals surface area contributed by atoms with Crippen molar-refractivity contribution in [3.63, 3.8) is 0 Å². The highest BCUT2D eigenvalue weighted by atomic mass is 19.4. The molecule has 6 rings (SSSR count). The summed E-state index contributed by atoms with van der Waals surface area (Å²) in [6.07, 6.45) is -2.58. The number of carbonyl (C=O) groups excluding carboxylic acids is 1. The van der Waals surface area contributed by atoms with Gasteiger partial charge in [-0.25, -0.2) is 8.78 Å². The van der Waals surface area contributed by atoms with Crippen LogP contribution in [0.1, 0.15) is 44.9 Å². The van der Waals surface area contributed by atoms with Crippen molar-refractivity contribution < 1.29 is 36.6 Å². The van der Waals surface area contributed by atoms with Gasteiger partial charge in [0.2, 0.25) is 0 Å². The molecule has 1 aromatic heterocycles. The molecule has 13 heteroatoms. The summed E-state index contributed by atoms with van der Waals surface area (Å²) in [4.78, 5) is 16.3. The molecule has 3 aromatic rings. The molecule has 224 valence electrons. The molecule has 8 nitrogen and oxygen atoms in total. The Bertz CT molecular complexity index is 1500. The maximum atomic E-state index is 14.4. The number of hydrogen-bond donors (Lipinski definition) is 1. The number of aryl methyl sites for hydroxylation is 1. The Morgan fingerprint density at radius 3 is 2.57 bits per heavy atom. The standard InChI is InChI=1S/C29H30F5N5O3/c1-37-17-35-36-25(37)10-27(15-42-16-27)19-3-2-4-21(9-19)39-12-23-22(26(39)41)7-18(8-24(23)29(32,33)34)11-38-6-5-20(13-40)28(30,31)14-38/h2-4,7-9,17,20,40H,5-6,10-16H2,1H3/t20-/m0/s1. The number of halogens is 5. The van der Waals surface area contributed by atoms with Crippen LogP contribution >= 0.6 is 0 Å². The molecular weight excluding hydrogens is 561 g/mol. The predicted molar refractivity (Wildman–Crippen MR) is 141 cm³/mol. The van der Waals surface area contributed by atoms with Gasteiger partial charge in [-0.3, -0.25) is 9.69 Å².